The van der Waals surface area contributed by atoms with E-state index in [1.54, 1.807) is 13.8 Å². The first-order valence-electron chi connectivity index (χ1n) is 5.97. The van der Waals surface area contributed by atoms with E-state index in [4.69, 9.17) is 35.3 Å². The van der Waals surface area contributed by atoms with Gasteiger partial charge in [-0.15, -0.1) is 0 Å². The summed E-state index contributed by atoms with van der Waals surface area (Å²) >= 11 is 10.7. The molecule has 1 atom stereocenters. The van der Waals surface area contributed by atoms with Crippen molar-refractivity contribution in [3.63, 3.8) is 0 Å². The molecule has 5 N–H and O–H groups in total. The minimum Gasteiger partial charge on any atom is -0.389 e. The number of sulfonamides is 1. The maximum atomic E-state index is 12.3. The Morgan fingerprint density at radius 1 is 1.33 bits per heavy atom. The number of nitrogens with two attached hydrogens (primary N) is 2. The summed E-state index contributed by atoms with van der Waals surface area (Å²) in [6.45, 7) is 3.35. The Morgan fingerprint density at radius 3 is 2.29 bits per heavy atom. The van der Waals surface area contributed by atoms with Crippen molar-refractivity contribution in [2.45, 2.75) is 24.8 Å². The molecule has 1 aromatic carbocycles. The van der Waals surface area contributed by atoms with Gasteiger partial charge in [-0.2, -0.15) is 4.72 Å². The van der Waals surface area contributed by atoms with Crippen molar-refractivity contribution in [1.82, 2.24) is 4.72 Å². The van der Waals surface area contributed by atoms with Gasteiger partial charge in [-0.3, -0.25) is 4.79 Å². The largest absolute Gasteiger partial charge is 0.389 e. The van der Waals surface area contributed by atoms with Gasteiger partial charge in [0.05, 0.1) is 5.02 Å². The van der Waals surface area contributed by atoms with Crippen LogP contribution in [0.3, 0.4) is 0 Å². The molecule has 21 heavy (non-hydrogen) atoms. The number of thiocarbonyl (C=S) groups is 1. The van der Waals surface area contributed by atoms with Crippen LogP contribution in [0.15, 0.2) is 23.1 Å². The summed E-state index contributed by atoms with van der Waals surface area (Å²) in [4.78, 5) is 11.2. The lowest BCUT2D eigenvalue weighted by atomic mass is 10.1. The van der Waals surface area contributed by atoms with Gasteiger partial charge in [-0.05, 0) is 18.1 Å². The van der Waals surface area contributed by atoms with Crippen LogP contribution in [-0.4, -0.2) is 25.4 Å². The van der Waals surface area contributed by atoms with Gasteiger partial charge in [0.2, 0.25) is 15.9 Å². The molecule has 0 fully saturated rings. The van der Waals surface area contributed by atoms with Crippen LogP contribution in [0, 0.1) is 5.92 Å². The lowest BCUT2D eigenvalue weighted by Gasteiger charge is -2.19. The molecule has 6 nitrogen and oxygen atoms in total. The van der Waals surface area contributed by atoms with E-state index in [-0.39, 0.29) is 20.8 Å². The van der Waals surface area contributed by atoms with E-state index in [0.29, 0.717) is 5.56 Å². The predicted octanol–water partition coefficient (Wildman–Crippen LogP) is 0.762. The number of amides is 1. The molecule has 0 saturated heterocycles. The molecule has 9 heteroatoms. The number of hydrogen-bond donors (Lipinski definition) is 3. The van der Waals surface area contributed by atoms with Crippen molar-refractivity contribution < 1.29 is 13.2 Å². The zero-order chi connectivity index (χ0) is 16.4. The molecular formula is C12H16ClN3O3S2. The summed E-state index contributed by atoms with van der Waals surface area (Å²) in [6.07, 6.45) is 0. The molecule has 1 aromatic rings. The van der Waals surface area contributed by atoms with Crippen LogP contribution in [0.4, 0.5) is 0 Å². The van der Waals surface area contributed by atoms with Gasteiger partial charge >= 0.3 is 0 Å². The fourth-order valence-electron chi connectivity index (χ4n) is 1.63. The Kier molecular flexibility index (Phi) is 5.68. The van der Waals surface area contributed by atoms with E-state index in [2.05, 4.69) is 4.72 Å². The van der Waals surface area contributed by atoms with E-state index >= 15 is 0 Å². The van der Waals surface area contributed by atoms with Gasteiger partial charge in [0.15, 0.2) is 0 Å². The standard InChI is InChI=1S/C12H16ClN3O3S2/c1-6(2)10(11(14)17)16-21(18,19)9-4-3-7(12(15)20)5-8(9)13/h3-6,10,16H,1-2H3,(H2,14,17)(H2,15,20). The van der Waals surface area contributed by atoms with Gasteiger partial charge in [0, 0.05) is 5.56 Å². The summed E-state index contributed by atoms with van der Waals surface area (Å²) in [6, 6.07) is 3.04. The normalized spacial score (nSPS) is 13.1. The zero-order valence-corrected chi connectivity index (χ0v) is 13.8. The molecule has 0 bridgehead atoms. The van der Waals surface area contributed by atoms with Gasteiger partial charge in [-0.1, -0.05) is 43.7 Å². The summed E-state index contributed by atoms with van der Waals surface area (Å²) < 4.78 is 26.8. The molecular weight excluding hydrogens is 334 g/mol. The molecule has 0 aromatic heterocycles. The molecule has 1 rings (SSSR count). The zero-order valence-electron chi connectivity index (χ0n) is 11.5. The molecule has 0 radical (unpaired) electrons. The van der Waals surface area contributed by atoms with Crippen LogP contribution in [-0.2, 0) is 14.8 Å². The highest BCUT2D eigenvalue weighted by Gasteiger charge is 2.28. The Bertz CT molecular complexity index is 674. The average molecular weight is 350 g/mol. The van der Waals surface area contributed by atoms with Crippen molar-refractivity contribution in [3.8, 4) is 0 Å². The maximum Gasteiger partial charge on any atom is 0.242 e. The quantitative estimate of drug-likeness (QED) is 0.656. The number of carbonyl (C=O) groups is 1. The van der Waals surface area contributed by atoms with Crippen molar-refractivity contribution >= 4 is 44.7 Å². The first-order valence-corrected chi connectivity index (χ1v) is 8.24. The summed E-state index contributed by atoms with van der Waals surface area (Å²) in [5.41, 5.74) is 11.1. The van der Waals surface area contributed by atoms with Crippen molar-refractivity contribution in [2.75, 3.05) is 0 Å². The highest BCUT2D eigenvalue weighted by Crippen LogP contribution is 2.23. The maximum absolute atomic E-state index is 12.3. The second-order valence-electron chi connectivity index (χ2n) is 4.75. The van der Waals surface area contributed by atoms with Crippen LogP contribution in [0.5, 0.6) is 0 Å². The molecule has 1 amide bonds. The molecule has 1 unspecified atom stereocenters. The van der Waals surface area contributed by atoms with Crippen LogP contribution >= 0.6 is 23.8 Å². The summed E-state index contributed by atoms with van der Waals surface area (Å²) in [5, 5.41) is -0.0419. The smallest absolute Gasteiger partial charge is 0.242 e. The highest BCUT2D eigenvalue weighted by atomic mass is 35.5. The Hall–Kier alpha value is -1.22. The second-order valence-corrected chi connectivity index (χ2v) is 7.28. The lowest BCUT2D eigenvalue weighted by molar-refractivity contribution is -0.120. The Balaban J connectivity index is 3.19. The Morgan fingerprint density at radius 2 is 1.90 bits per heavy atom. The van der Waals surface area contributed by atoms with Crippen LogP contribution in [0.1, 0.15) is 19.4 Å². The van der Waals surface area contributed by atoms with Crippen molar-refractivity contribution in [1.29, 1.82) is 0 Å². The highest BCUT2D eigenvalue weighted by molar-refractivity contribution is 7.89. The van der Waals surface area contributed by atoms with Gasteiger partial charge < -0.3 is 11.5 Å². The Labute approximate surface area is 133 Å². The van der Waals surface area contributed by atoms with E-state index in [0.717, 1.165) is 0 Å². The van der Waals surface area contributed by atoms with Crippen molar-refractivity contribution in [2.24, 2.45) is 17.4 Å². The molecule has 0 saturated carbocycles. The van der Waals surface area contributed by atoms with Crippen LogP contribution in [0.25, 0.3) is 0 Å². The molecule has 0 aliphatic heterocycles. The van der Waals surface area contributed by atoms with Crippen LogP contribution in [0.2, 0.25) is 5.02 Å². The SMILES string of the molecule is CC(C)C(NS(=O)(=O)c1ccc(C(N)=S)cc1Cl)C(N)=O. The monoisotopic (exact) mass is 349 g/mol. The summed E-state index contributed by atoms with van der Waals surface area (Å²) in [7, 11) is -3.99. The molecule has 0 aliphatic carbocycles. The van der Waals surface area contributed by atoms with E-state index in [1.165, 1.54) is 18.2 Å². The van der Waals surface area contributed by atoms with Crippen LogP contribution < -0.4 is 16.2 Å². The second kappa shape index (κ2) is 6.69. The van der Waals surface area contributed by atoms with Crippen molar-refractivity contribution in [3.05, 3.63) is 28.8 Å². The number of nitrogens with one attached hydrogen (secondary N) is 1. The third kappa shape index (κ3) is 4.37. The topological polar surface area (TPSA) is 115 Å². The molecule has 0 spiro atoms. The van der Waals surface area contributed by atoms with Gasteiger partial charge in [0.25, 0.3) is 0 Å². The minimum atomic E-state index is -3.99. The van der Waals surface area contributed by atoms with E-state index in [9.17, 15) is 13.2 Å². The van der Waals surface area contributed by atoms with Gasteiger partial charge in [0.1, 0.15) is 15.9 Å². The molecule has 116 valence electrons. The van der Waals surface area contributed by atoms with E-state index in [1.807, 2.05) is 0 Å². The summed E-state index contributed by atoms with van der Waals surface area (Å²) in [5.74, 6) is -1.06. The first-order chi connectivity index (χ1) is 9.56. The number of primary amides is 1. The molecule has 0 heterocycles. The number of halogens is 1. The average Bonchev–Trinajstić information content (AvgIpc) is 2.34. The van der Waals surface area contributed by atoms with E-state index < -0.39 is 22.0 Å². The number of hydrogen-bond acceptors (Lipinski definition) is 4. The number of rotatable bonds is 6. The predicted molar refractivity (Wildman–Crippen MR) is 85.5 cm³/mol. The molecule has 0 aliphatic rings. The third-order valence-corrected chi connectivity index (χ3v) is 4.92. The minimum absolute atomic E-state index is 0.0419. The fourth-order valence-corrected chi connectivity index (χ4v) is 3.65. The van der Waals surface area contributed by atoms with Gasteiger partial charge in [-0.25, -0.2) is 8.42 Å². The fraction of sp³-hybridized carbons (Fsp3) is 0.333. The first kappa shape index (κ1) is 17.8. The third-order valence-electron chi connectivity index (χ3n) is 2.76. The lowest BCUT2D eigenvalue weighted by Crippen LogP contribution is -2.47. The number of benzene rings is 1. The number of carbonyl (C=O) groups excluding carboxylic acids is 1.